The first kappa shape index (κ1) is 15.1. The average molecular weight is 335 g/mol. The van der Waals surface area contributed by atoms with Crippen LogP contribution >= 0.6 is 15.9 Å². The minimum Gasteiger partial charge on any atom is -0.457 e. The standard InChI is InChI=1S/C17H19BrO2/c1-11(2)13-4-7-15(8-5-13)20-17-9-6-14(18)10-16(17)12(3)19/h4-12,19H,1-3H3. The van der Waals surface area contributed by atoms with Gasteiger partial charge in [0.15, 0.2) is 0 Å². The average Bonchev–Trinajstić information content (AvgIpc) is 2.41. The van der Waals surface area contributed by atoms with E-state index in [1.54, 1.807) is 6.92 Å². The zero-order chi connectivity index (χ0) is 14.7. The summed E-state index contributed by atoms with van der Waals surface area (Å²) in [7, 11) is 0. The van der Waals surface area contributed by atoms with Crippen LogP contribution in [0.4, 0.5) is 0 Å². The van der Waals surface area contributed by atoms with Crippen molar-refractivity contribution in [1.29, 1.82) is 0 Å². The van der Waals surface area contributed by atoms with Gasteiger partial charge >= 0.3 is 0 Å². The van der Waals surface area contributed by atoms with Crippen molar-refractivity contribution in [3.63, 3.8) is 0 Å². The lowest BCUT2D eigenvalue weighted by atomic mass is 10.0. The van der Waals surface area contributed by atoms with E-state index in [0.29, 0.717) is 11.7 Å². The fourth-order valence-corrected chi connectivity index (χ4v) is 2.37. The number of hydrogen-bond acceptors (Lipinski definition) is 2. The number of halogens is 1. The van der Waals surface area contributed by atoms with E-state index in [2.05, 4.69) is 41.9 Å². The molecule has 106 valence electrons. The molecule has 2 aromatic carbocycles. The summed E-state index contributed by atoms with van der Waals surface area (Å²) in [4.78, 5) is 0. The molecular formula is C17H19BrO2. The molecule has 1 atom stereocenters. The van der Waals surface area contributed by atoms with E-state index in [-0.39, 0.29) is 0 Å². The van der Waals surface area contributed by atoms with Gasteiger partial charge in [-0.15, -0.1) is 0 Å². The molecule has 0 saturated heterocycles. The van der Waals surface area contributed by atoms with Crippen LogP contribution in [0.15, 0.2) is 46.9 Å². The first-order chi connectivity index (χ1) is 9.47. The SMILES string of the molecule is CC(C)c1ccc(Oc2ccc(Br)cc2C(C)O)cc1. The Kier molecular flexibility index (Phi) is 4.84. The topological polar surface area (TPSA) is 29.5 Å². The summed E-state index contributed by atoms with van der Waals surface area (Å²) in [5.74, 6) is 1.96. The molecule has 0 spiro atoms. The summed E-state index contributed by atoms with van der Waals surface area (Å²) in [6.07, 6.45) is -0.572. The molecule has 3 heteroatoms. The minimum absolute atomic E-state index is 0.504. The van der Waals surface area contributed by atoms with E-state index in [0.717, 1.165) is 15.8 Å². The molecule has 2 nitrogen and oxygen atoms in total. The fourth-order valence-electron chi connectivity index (χ4n) is 1.99. The van der Waals surface area contributed by atoms with E-state index < -0.39 is 6.10 Å². The molecule has 1 N–H and O–H groups in total. The Morgan fingerprint density at radius 2 is 1.65 bits per heavy atom. The maximum atomic E-state index is 9.82. The van der Waals surface area contributed by atoms with Crippen molar-refractivity contribution in [3.8, 4) is 11.5 Å². The van der Waals surface area contributed by atoms with E-state index in [1.807, 2.05) is 30.3 Å². The molecule has 0 radical (unpaired) electrons. The lowest BCUT2D eigenvalue weighted by molar-refractivity contribution is 0.195. The molecule has 2 rings (SSSR count). The van der Waals surface area contributed by atoms with Crippen molar-refractivity contribution in [2.75, 3.05) is 0 Å². The molecule has 20 heavy (non-hydrogen) atoms. The van der Waals surface area contributed by atoms with Gasteiger partial charge in [0.25, 0.3) is 0 Å². The highest BCUT2D eigenvalue weighted by Gasteiger charge is 2.11. The largest absolute Gasteiger partial charge is 0.457 e. The highest BCUT2D eigenvalue weighted by Crippen LogP contribution is 2.32. The molecule has 0 amide bonds. The summed E-state index contributed by atoms with van der Waals surface area (Å²) in [6, 6.07) is 13.7. The molecule has 0 bridgehead atoms. The molecule has 0 saturated carbocycles. The normalized spacial score (nSPS) is 12.5. The number of aliphatic hydroxyl groups excluding tert-OH is 1. The van der Waals surface area contributed by atoms with Crippen LogP contribution in [0.3, 0.4) is 0 Å². The van der Waals surface area contributed by atoms with E-state index in [1.165, 1.54) is 5.56 Å². The van der Waals surface area contributed by atoms with Gasteiger partial charge < -0.3 is 9.84 Å². The zero-order valence-electron chi connectivity index (χ0n) is 11.9. The van der Waals surface area contributed by atoms with E-state index >= 15 is 0 Å². The van der Waals surface area contributed by atoms with Gasteiger partial charge in [-0.05, 0) is 48.7 Å². The second-order valence-electron chi connectivity index (χ2n) is 5.18. The Morgan fingerprint density at radius 1 is 1.00 bits per heavy atom. The summed E-state index contributed by atoms with van der Waals surface area (Å²) in [5.41, 5.74) is 2.05. The van der Waals surface area contributed by atoms with Crippen molar-refractivity contribution < 1.29 is 9.84 Å². The maximum Gasteiger partial charge on any atom is 0.133 e. The lowest BCUT2D eigenvalue weighted by Crippen LogP contribution is -1.96. The molecule has 0 aliphatic rings. The molecular weight excluding hydrogens is 316 g/mol. The highest BCUT2D eigenvalue weighted by molar-refractivity contribution is 9.10. The quantitative estimate of drug-likeness (QED) is 0.809. The zero-order valence-corrected chi connectivity index (χ0v) is 13.5. The van der Waals surface area contributed by atoms with Gasteiger partial charge in [-0.3, -0.25) is 0 Å². The first-order valence-corrected chi connectivity index (χ1v) is 7.52. The Balaban J connectivity index is 2.25. The third-order valence-electron chi connectivity index (χ3n) is 3.20. The number of ether oxygens (including phenoxy) is 1. The van der Waals surface area contributed by atoms with Crippen LogP contribution in [0.25, 0.3) is 0 Å². The smallest absolute Gasteiger partial charge is 0.133 e. The molecule has 0 aliphatic carbocycles. The molecule has 0 fully saturated rings. The van der Waals surface area contributed by atoms with Crippen LogP contribution in [0.5, 0.6) is 11.5 Å². The molecule has 0 heterocycles. The van der Waals surface area contributed by atoms with Crippen LogP contribution in [0.2, 0.25) is 0 Å². The van der Waals surface area contributed by atoms with Crippen LogP contribution in [-0.2, 0) is 0 Å². The molecule has 1 unspecified atom stereocenters. The number of rotatable bonds is 4. The third kappa shape index (κ3) is 3.62. The van der Waals surface area contributed by atoms with Gasteiger partial charge in [0.1, 0.15) is 11.5 Å². The van der Waals surface area contributed by atoms with Crippen molar-refractivity contribution in [3.05, 3.63) is 58.1 Å². The van der Waals surface area contributed by atoms with E-state index in [4.69, 9.17) is 4.74 Å². The van der Waals surface area contributed by atoms with Crippen LogP contribution in [0, 0.1) is 0 Å². The van der Waals surface area contributed by atoms with Crippen LogP contribution in [-0.4, -0.2) is 5.11 Å². The molecule has 0 aromatic heterocycles. The number of hydrogen-bond donors (Lipinski definition) is 1. The highest BCUT2D eigenvalue weighted by atomic mass is 79.9. The summed E-state index contributed by atoms with van der Waals surface area (Å²) < 4.78 is 6.81. The Hall–Kier alpha value is -1.32. The van der Waals surface area contributed by atoms with Gasteiger partial charge in [0.05, 0.1) is 6.10 Å². The minimum atomic E-state index is -0.572. The van der Waals surface area contributed by atoms with E-state index in [9.17, 15) is 5.11 Å². The predicted molar refractivity (Wildman–Crippen MR) is 85.4 cm³/mol. The van der Waals surface area contributed by atoms with Crippen LogP contribution < -0.4 is 4.74 Å². The van der Waals surface area contributed by atoms with Crippen molar-refractivity contribution in [2.45, 2.75) is 32.8 Å². The summed E-state index contributed by atoms with van der Waals surface area (Å²) in [5, 5.41) is 9.82. The molecule has 0 aliphatic heterocycles. The van der Waals surface area contributed by atoms with Gasteiger partial charge in [0.2, 0.25) is 0 Å². The predicted octanol–water partition coefficient (Wildman–Crippen LogP) is 5.42. The number of benzene rings is 2. The number of aliphatic hydroxyl groups is 1. The maximum absolute atomic E-state index is 9.82. The Morgan fingerprint density at radius 3 is 2.20 bits per heavy atom. The fraction of sp³-hybridized carbons (Fsp3) is 0.294. The Bertz CT molecular complexity index is 574. The second-order valence-corrected chi connectivity index (χ2v) is 6.10. The Labute approximate surface area is 128 Å². The van der Waals surface area contributed by atoms with Gasteiger partial charge in [0, 0.05) is 10.0 Å². The monoisotopic (exact) mass is 334 g/mol. The van der Waals surface area contributed by atoms with Crippen molar-refractivity contribution in [2.24, 2.45) is 0 Å². The molecule has 2 aromatic rings. The van der Waals surface area contributed by atoms with Crippen molar-refractivity contribution in [1.82, 2.24) is 0 Å². The first-order valence-electron chi connectivity index (χ1n) is 6.72. The van der Waals surface area contributed by atoms with Gasteiger partial charge in [-0.2, -0.15) is 0 Å². The van der Waals surface area contributed by atoms with Crippen molar-refractivity contribution >= 4 is 15.9 Å². The second kappa shape index (κ2) is 6.42. The van der Waals surface area contributed by atoms with Gasteiger partial charge in [-0.25, -0.2) is 0 Å². The summed E-state index contributed by atoms with van der Waals surface area (Å²) in [6.45, 7) is 6.06. The summed E-state index contributed by atoms with van der Waals surface area (Å²) >= 11 is 3.41. The third-order valence-corrected chi connectivity index (χ3v) is 3.69. The van der Waals surface area contributed by atoms with Crippen LogP contribution in [0.1, 0.15) is 43.9 Å². The van der Waals surface area contributed by atoms with Gasteiger partial charge in [-0.1, -0.05) is 41.9 Å². The lowest BCUT2D eigenvalue weighted by Gasteiger charge is -2.14.